The summed E-state index contributed by atoms with van der Waals surface area (Å²) >= 11 is 3.07. The highest BCUT2D eigenvalue weighted by Crippen LogP contribution is 2.09. The zero-order chi connectivity index (χ0) is 7.33. The summed E-state index contributed by atoms with van der Waals surface area (Å²) < 4.78 is 0. The molecule has 0 unspecified atom stereocenters. The summed E-state index contributed by atoms with van der Waals surface area (Å²) in [5.74, 6) is 3.01. The van der Waals surface area contributed by atoms with Crippen molar-refractivity contribution in [1.29, 1.82) is 0 Å². The Hall–Kier alpha value is 0.257. The topological polar surface area (TPSA) is 0 Å². The second-order valence-electron chi connectivity index (χ2n) is 3.33. The van der Waals surface area contributed by atoms with Gasteiger partial charge in [-0.2, -0.15) is 0 Å². The van der Waals surface area contributed by atoms with Crippen LogP contribution in [0.4, 0.5) is 0 Å². The van der Waals surface area contributed by atoms with Crippen LogP contribution in [0.3, 0.4) is 0 Å². The first-order valence-electron chi connectivity index (χ1n) is 3.15. The Morgan fingerprint density at radius 2 is 1.89 bits per heavy atom. The molecule has 0 aromatic rings. The van der Waals surface area contributed by atoms with Crippen LogP contribution in [-0.4, -0.2) is 8.07 Å². The minimum atomic E-state index is -0.818. The van der Waals surface area contributed by atoms with Gasteiger partial charge in [-0.3, -0.25) is 0 Å². The van der Waals surface area contributed by atoms with E-state index < -0.39 is 8.07 Å². The summed E-state index contributed by atoms with van der Waals surface area (Å²) in [7, 11) is -0.818. The van der Waals surface area contributed by atoms with Crippen LogP contribution in [0, 0.1) is 10.8 Å². The highest BCUT2D eigenvalue weighted by molar-refractivity contribution is 9.12. The van der Waals surface area contributed by atoms with E-state index in [0.29, 0.717) is 0 Å². The third-order valence-electron chi connectivity index (χ3n) is 1.07. The molecule has 52 valence electrons. The highest BCUT2D eigenvalue weighted by Gasteiger charge is 2.10. The fourth-order valence-corrected chi connectivity index (χ4v) is 1.56. The van der Waals surface area contributed by atoms with E-state index in [1.165, 1.54) is 6.04 Å². The van der Waals surface area contributed by atoms with Crippen LogP contribution in [-0.2, 0) is 0 Å². The first-order valence-corrected chi connectivity index (χ1v) is 7.65. The zero-order valence-electron chi connectivity index (χ0n) is 6.29. The molecule has 0 nitrogen and oxygen atoms in total. The van der Waals surface area contributed by atoms with Crippen molar-refractivity contribution in [1.82, 2.24) is 0 Å². The molecule has 0 saturated heterocycles. The first kappa shape index (κ1) is 9.26. The summed E-state index contributed by atoms with van der Waals surface area (Å²) in [5.41, 5.74) is 0. The second kappa shape index (κ2) is 4.13. The fourth-order valence-electron chi connectivity index (χ4n) is 0.485. The maximum Gasteiger partial charge on any atom is 0.0452 e. The van der Waals surface area contributed by atoms with Gasteiger partial charge in [-0.05, 0) is 10.9 Å². The monoisotopic (exact) mass is 204 g/mol. The van der Waals surface area contributed by atoms with Gasteiger partial charge in [0.2, 0.25) is 0 Å². The Balaban J connectivity index is 3.36. The van der Waals surface area contributed by atoms with Crippen molar-refractivity contribution in [3.05, 3.63) is 0 Å². The number of rotatable bonds is 2. The molecule has 0 aromatic carbocycles. The van der Waals surface area contributed by atoms with Crippen molar-refractivity contribution < 1.29 is 0 Å². The lowest BCUT2D eigenvalue weighted by Gasteiger charge is -2.12. The standard InChI is InChI=1S/C7H13BrSi/c1-9(2,3)7-5-4-6-8/h5,7H2,1-3H3. The van der Waals surface area contributed by atoms with Gasteiger partial charge in [0.25, 0.3) is 0 Å². The Labute approximate surface area is 67.2 Å². The van der Waals surface area contributed by atoms with Crippen LogP contribution >= 0.6 is 15.9 Å². The normalized spacial score (nSPS) is 10.2. The summed E-state index contributed by atoms with van der Waals surface area (Å²) in [4.78, 5) is 2.72. The van der Waals surface area contributed by atoms with Crippen molar-refractivity contribution in [3.63, 3.8) is 0 Å². The molecule has 0 spiro atoms. The Kier molecular flexibility index (Phi) is 4.25. The molecule has 0 atom stereocenters. The maximum atomic E-state index is 3.07. The molecule has 0 N–H and O–H groups in total. The van der Waals surface area contributed by atoms with E-state index in [1.54, 1.807) is 0 Å². The zero-order valence-corrected chi connectivity index (χ0v) is 8.88. The predicted octanol–water partition coefficient (Wildman–Crippen LogP) is 3.07. The van der Waals surface area contributed by atoms with Crippen molar-refractivity contribution in [2.75, 3.05) is 0 Å². The quantitative estimate of drug-likeness (QED) is 0.480. The van der Waals surface area contributed by atoms with Crippen molar-refractivity contribution in [3.8, 4) is 10.8 Å². The summed E-state index contributed by atoms with van der Waals surface area (Å²) in [6.07, 6.45) is 1.06. The van der Waals surface area contributed by atoms with Gasteiger partial charge >= 0.3 is 0 Å². The van der Waals surface area contributed by atoms with Crippen LogP contribution in [0.5, 0.6) is 0 Å². The third-order valence-corrected chi connectivity index (χ3v) is 3.10. The van der Waals surface area contributed by atoms with Gasteiger partial charge in [0.05, 0.1) is 0 Å². The SMILES string of the molecule is C[Si](C)(C)CCC#CBr. The molecule has 9 heavy (non-hydrogen) atoms. The maximum absolute atomic E-state index is 3.07. The molecule has 0 aliphatic rings. The molecule has 0 aromatic heterocycles. The summed E-state index contributed by atoms with van der Waals surface area (Å²) in [5, 5.41) is 0. The number of hydrogen-bond acceptors (Lipinski definition) is 0. The molecule has 0 bridgehead atoms. The van der Waals surface area contributed by atoms with Gasteiger partial charge in [0.15, 0.2) is 0 Å². The number of hydrogen-bond donors (Lipinski definition) is 0. The Bertz CT molecular complexity index is 124. The highest BCUT2D eigenvalue weighted by atomic mass is 79.9. The molecule has 0 fully saturated rings. The lowest BCUT2D eigenvalue weighted by molar-refractivity contribution is 1.20. The minimum absolute atomic E-state index is 0.818. The molecule has 0 saturated carbocycles. The third kappa shape index (κ3) is 8.26. The average molecular weight is 205 g/mol. The van der Waals surface area contributed by atoms with Gasteiger partial charge in [0.1, 0.15) is 0 Å². The van der Waals surface area contributed by atoms with E-state index in [1.807, 2.05) is 0 Å². The van der Waals surface area contributed by atoms with Crippen molar-refractivity contribution in [2.45, 2.75) is 32.1 Å². The lowest BCUT2D eigenvalue weighted by atomic mass is 10.5. The first-order chi connectivity index (χ1) is 4.06. The molecule has 0 amide bonds. The molecule has 2 heteroatoms. The van der Waals surface area contributed by atoms with Crippen LogP contribution in [0.25, 0.3) is 0 Å². The van der Waals surface area contributed by atoms with Gasteiger partial charge < -0.3 is 0 Å². The van der Waals surface area contributed by atoms with Crippen LogP contribution < -0.4 is 0 Å². The largest absolute Gasteiger partial charge is 0.0911 e. The van der Waals surface area contributed by atoms with E-state index in [2.05, 4.69) is 46.3 Å². The minimum Gasteiger partial charge on any atom is -0.0911 e. The van der Waals surface area contributed by atoms with Gasteiger partial charge in [0, 0.05) is 30.4 Å². The Morgan fingerprint density at radius 1 is 1.33 bits per heavy atom. The second-order valence-corrected chi connectivity index (χ2v) is 9.35. The van der Waals surface area contributed by atoms with Gasteiger partial charge in [-0.25, -0.2) is 0 Å². The molecular formula is C7H13BrSi. The summed E-state index contributed by atoms with van der Waals surface area (Å²) in [6.45, 7) is 7.09. The predicted molar refractivity (Wildman–Crippen MR) is 49.5 cm³/mol. The van der Waals surface area contributed by atoms with E-state index >= 15 is 0 Å². The van der Waals surface area contributed by atoms with Crippen LogP contribution in [0.2, 0.25) is 25.7 Å². The van der Waals surface area contributed by atoms with Crippen LogP contribution in [0.1, 0.15) is 6.42 Å². The fraction of sp³-hybridized carbons (Fsp3) is 0.714. The van der Waals surface area contributed by atoms with E-state index in [0.717, 1.165) is 6.42 Å². The van der Waals surface area contributed by atoms with E-state index in [4.69, 9.17) is 0 Å². The molecule has 0 radical (unpaired) electrons. The van der Waals surface area contributed by atoms with Crippen molar-refractivity contribution in [2.24, 2.45) is 0 Å². The van der Waals surface area contributed by atoms with Crippen molar-refractivity contribution >= 4 is 24.0 Å². The van der Waals surface area contributed by atoms with E-state index in [9.17, 15) is 0 Å². The summed E-state index contributed by atoms with van der Waals surface area (Å²) in [6, 6.07) is 1.31. The number of halogens is 1. The van der Waals surface area contributed by atoms with Gasteiger partial charge in [-0.1, -0.05) is 25.6 Å². The molecule has 0 aliphatic heterocycles. The average Bonchev–Trinajstić information content (AvgIpc) is 1.63. The molecule has 0 rings (SSSR count). The van der Waals surface area contributed by atoms with Gasteiger partial charge in [-0.15, -0.1) is 0 Å². The molecular weight excluding hydrogens is 192 g/mol. The van der Waals surface area contributed by atoms with E-state index in [-0.39, 0.29) is 0 Å². The lowest BCUT2D eigenvalue weighted by Crippen LogP contribution is -2.18. The molecule has 0 aliphatic carbocycles. The molecule has 0 heterocycles. The Morgan fingerprint density at radius 3 is 2.22 bits per heavy atom. The smallest absolute Gasteiger partial charge is 0.0452 e. The van der Waals surface area contributed by atoms with Crippen LogP contribution in [0.15, 0.2) is 0 Å².